The van der Waals surface area contributed by atoms with Gasteiger partial charge in [-0.3, -0.25) is 4.79 Å². The van der Waals surface area contributed by atoms with Crippen molar-refractivity contribution >= 4 is 5.78 Å². The van der Waals surface area contributed by atoms with Crippen LogP contribution in [0.4, 0.5) is 0 Å². The number of ketones is 1. The average Bonchev–Trinajstić information content (AvgIpc) is 2.16. The molecule has 0 unspecified atom stereocenters. The summed E-state index contributed by atoms with van der Waals surface area (Å²) in [7, 11) is 4.04. The maximum Gasteiger partial charge on any atom is 0.146 e. The van der Waals surface area contributed by atoms with Crippen molar-refractivity contribution in [1.82, 2.24) is 10.2 Å². The summed E-state index contributed by atoms with van der Waals surface area (Å²) < 4.78 is 0. The van der Waals surface area contributed by atoms with Gasteiger partial charge in [0.1, 0.15) is 5.78 Å². The Morgan fingerprint density at radius 3 is 2.50 bits per heavy atom. The van der Waals surface area contributed by atoms with Gasteiger partial charge in [-0.1, -0.05) is 0 Å². The van der Waals surface area contributed by atoms with Gasteiger partial charge in [-0.05, 0) is 59.3 Å². The Morgan fingerprint density at radius 1 is 1.50 bits per heavy atom. The lowest BCUT2D eigenvalue weighted by Gasteiger charge is -2.30. The summed E-state index contributed by atoms with van der Waals surface area (Å²) in [5.41, 5.74) is 0. The molecule has 0 aromatic carbocycles. The summed E-state index contributed by atoms with van der Waals surface area (Å²) in [6, 6.07) is 0.0726. The first kappa shape index (κ1) is 11.7. The van der Waals surface area contributed by atoms with Crippen LogP contribution in [0.2, 0.25) is 0 Å². The summed E-state index contributed by atoms with van der Waals surface area (Å²) in [6.07, 6.45) is 3.49. The number of nitrogens with one attached hydrogen (secondary N) is 1. The molecule has 1 rings (SSSR count). The molecule has 1 N–H and O–H groups in total. The third-order valence-electron chi connectivity index (χ3n) is 3.25. The molecule has 3 nitrogen and oxygen atoms in total. The van der Waals surface area contributed by atoms with E-state index >= 15 is 0 Å². The second kappa shape index (κ2) is 5.47. The normalized spacial score (nSPS) is 22.2. The molecule has 1 heterocycles. The van der Waals surface area contributed by atoms with E-state index in [1.54, 1.807) is 6.92 Å². The van der Waals surface area contributed by atoms with Crippen LogP contribution in [0.3, 0.4) is 0 Å². The summed E-state index contributed by atoms with van der Waals surface area (Å²) in [6.45, 7) is 4.04. The van der Waals surface area contributed by atoms with Gasteiger partial charge in [0, 0.05) is 0 Å². The molecule has 0 aromatic heterocycles. The SMILES string of the molecule is CN[C@@H](CC1CCN(C)CC1)C(C)=O. The van der Waals surface area contributed by atoms with Crippen molar-refractivity contribution in [2.24, 2.45) is 5.92 Å². The number of carbonyl (C=O) groups is 1. The molecule has 1 saturated heterocycles. The van der Waals surface area contributed by atoms with Crippen molar-refractivity contribution < 1.29 is 4.79 Å². The fourth-order valence-electron chi connectivity index (χ4n) is 2.12. The third-order valence-corrected chi connectivity index (χ3v) is 3.25. The number of likely N-dealkylation sites (N-methyl/N-ethyl adjacent to an activating group) is 1. The number of Topliss-reactive ketones (excluding diaryl/α,β-unsaturated/α-hetero) is 1. The number of hydrogen-bond acceptors (Lipinski definition) is 3. The molecular weight excluding hydrogens is 176 g/mol. The van der Waals surface area contributed by atoms with Crippen molar-refractivity contribution in [2.75, 3.05) is 27.2 Å². The average molecular weight is 198 g/mol. The van der Waals surface area contributed by atoms with Gasteiger partial charge in [0.05, 0.1) is 6.04 Å². The Kier molecular flexibility index (Phi) is 4.55. The van der Waals surface area contributed by atoms with E-state index in [0.717, 1.165) is 12.3 Å². The van der Waals surface area contributed by atoms with Crippen molar-refractivity contribution in [2.45, 2.75) is 32.2 Å². The lowest BCUT2D eigenvalue weighted by Crippen LogP contribution is -2.38. The Balaban J connectivity index is 2.32. The number of nitrogens with zero attached hydrogens (tertiary/aromatic N) is 1. The monoisotopic (exact) mass is 198 g/mol. The fraction of sp³-hybridized carbons (Fsp3) is 0.909. The van der Waals surface area contributed by atoms with E-state index in [4.69, 9.17) is 0 Å². The van der Waals surface area contributed by atoms with Crippen LogP contribution in [-0.2, 0) is 4.79 Å². The topological polar surface area (TPSA) is 32.3 Å². The minimum absolute atomic E-state index is 0.0726. The molecule has 0 bridgehead atoms. The smallest absolute Gasteiger partial charge is 0.146 e. The second-order valence-electron chi connectivity index (χ2n) is 4.43. The van der Waals surface area contributed by atoms with Crippen LogP contribution in [0.25, 0.3) is 0 Å². The molecule has 82 valence electrons. The maximum absolute atomic E-state index is 11.2. The largest absolute Gasteiger partial charge is 0.311 e. The number of piperidine rings is 1. The minimum Gasteiger partial charge on any atom is -0.311 e. The zero-order valence-electron chi connectivity index (χ0n) is 9.55. The Labute approximate surface area is 86.9 Å². The van der Waals surface area contributed by atoms with Crippen LogP contribution in [0, 0.1) is 5.92 Å². The molecule has 1 fully saturated rings. The summed E-state index contributed by atoms with van der Waals surface area (Å²) in [5.74, 6) is 0.999. The molecule has 1 aliphatic rings. The summed E-state index contributed by atoms with van der Waals surface area (Å²) >= 11 is 0. The molecule has 0 aliphatic carbocycles. The van der Waals surface area contributed by atoms with Gasteiger partial charge >= 0.3 is 0 Å². The first-order chi connectivity index (χ1) is 6.63. The van der Waals surface area contributed by atoms with Gasteiger partial charge in [0.25, 0.3) is 0 Å². The highest BCUT2D eigenvalue weighted by Gasteiger charge is 2.21. The standard InChI is InChI=1S/C11H22N2O/c1-9(14)11(12-2)8-10-4-6-13(3)7-5-10/h10-12H,4-8H2,1-3H3/t11-/m0/s1. The van der Waals surface area contributed by atoms with E-state index < -0.39 is 0 Å². The maximum atomic E-state index is 11.2. The molecular formula is C11H22N2O. The van der Waals surface area contributed by atoms with Crippen LogP contribution < -0.4 is 5.32 Å². The van der Waals surface area contributed by atoms with Gasteiger partial charge < -0.3 is 10.2 Å². The van der Waals surface area contributed by atoms with Crippen molar-refractivity contribution in [3.63, 3.8) is 0 Å². The molecule has 0 aromatic rings. The van der Waals surface area contributed by atoms with Gasteiger partial charge in [-0.15, -0.1) is 0 Å². The van der Waals surface area contributed by atoms with E-state index in [0.29, 0.717) is 0 Å². The van der Waals surface area contributed by atoms with E-state index in [2.05, 4.69) is 17.3 Å². The minimum atomic E-state index is 0.0726. The number of rotatable bonds is 4. The van der Waals surface area contributed by atoms with E-state index in [1.807, 2.05) is 7.05 Å². The molecule has 14 heavy (non-hydrogen) atoms. The van der Waals surface area contributed by atoms with Crippen LogP contribution in [0.1, 0.15) is 26.2 Å². The summed E-state index contributed by atoms with van der Waals surface area (Å²) in [4.78, 5) is 13.6. The highest BCUT2D eigenvalue weighted by atomic mass is 16.1. The van der Waals surface area contributed by atoms with Crippen molar-refractivity contribution in [3.8, 4) is 0 Å². The molecule has 1 atom stereocenters. The van der Waals surface area contributed by atoms with Crippen LogP contribution in [-0.4, -0.2) is 43.9 Å². The van der Waals surface area contributed by atoms with Crippen LogP contribution in [0.15, 0.2) is 0 Å². The van der Waals surface area contributed by atoms with Crippen LogP contribution in [0.5, 0.6) is 0 Å². The first-order valence-electron chi connectivity index (χ1n) is 5.49. The quantitative estimate of drug-likeness (QED) is 0.728. The Hall–Kier alpha value is -0.410. The predicted molar refractivity (Wildman–Crippen MR) is 58.4 cm³/mol. The molecule has 0 spiro atoms. The van der Waals surface area contributed by atoms with Gasteiger partial charge in [-0.2, -0.15) is 0 Å². The molecule has 3 heteroatoms. The first-order valence-corrected chi connectivity index (χ1v) is 5.49. The van der Waals surface area contributed by atoms with Gasteiger partial charge in [-0.25, -0.2) is 0 Å². The number of likely N-dealkylation sites (tertiary alicyclic amines) is 1. The Bertz CT molecular complexity index is 186. The molecule has 0 radical (unpaired) electrons. The van der Waals surface area contributed by atoms with E-state index in [9.17, 15) is 4.79 Å². The van der Waals surface area contributed by atoms with E-state index in [1.165, 1.54) is 25.9 Å². The highest BCUT2D eigenvalue weighted by Crippen LogP contribution is 2.21. The Morgan fingerprint density at radius 2 is 2.07 bits per heavy atom. The third kappa shape index (κ3) is 3.39. The van der Waals surface area contributed by atoms with Crippen molar-refractivity contribution in [1.29, 1.82) is 0 Å². The fourth-order valence-corrected chi connectivity index (χ4v) is 2.12. The zero-order valence-corrected chi connectivity index (χ0v) is 9.55. The highest BCUT2D eigenvalue weighted by molar-refractivity contribution is 5.81. The molecule has 0 saturated carbocycles. The molecule has 0 amide bonds. The van der Waals surface area contributed by atoms with Crippen LogP contribution >= 0.6 is 0 Å². The van der Waals surface area contributed by atoms with Crippen molar-refractivity contribution in [3.05, 3.63) is 0 Å². The zero-order chi connectivity index (χ0) is 10.6. The van der Waals surface area contributed by atoms with Gasteiger partial charge in [0.15, 0.2) is 0 Å². The van der Waals surface area contributed by atoms with Gasteiger partial charge in [0.2, 0.25) is 0 Å². The lowest BCUT2D eigenvalue weighted by atomic mass is 9.89. The number of carbonyl (C=O) groups excluding carboxylic acids is 1. The summed E-state index contributed by atoms with van der Waals surface area (Å²) in [5, 5.41) is 3.10. The predicted octanol–water partition coefficient (Wildman–Crippen LogP) is 0.895. The second-order valence-corrected chi connectivity index (χ2v) is 4.43. The molecule has 1 aliphatic heterocycles. The van der Waals surface area contributed by atoms with E-state index in [-0.39, 0.29) is 11.8 Å². The lowest BCUT2D eigenvalue weighted by molar-refractivity contribution is -0.119. The number of hydrogen-bond donors (Lipinski definition) is 1.